The third-order valence-electron chi connectivity index (χ3n) is 2.76. The number of carboxylic acid groups (broad SMARTS) is 1. The van der Waals surface area contributed by atoms with Crippen LogP contribution in [0.25, 0.3) is 5.82 Å². The number of rotatable bonds is 2. The Morgan fingerprint density at radius 1 is 1.39 bits per heavy atom. The van der Waals surface area contributed by atoms with E-state index < -0.39 is 5.97 Å². The summed E-state index contributed by atoms with van der Waals surface area (Å²) in [7, 11) is 0. The molecule has 0 unspecified atom stereocenters. The SMILES string of the molecule is Cc1ccnc(-n2nc(C)c(Br)c2C)c1C(=O)O. The lowest BCUT2D eigenvalue weighted by Crippen LogP contribution is -2.12. The number of hydrogen-bond acceptors (Lipinski definition) is 3. The van der Waals surface area contributed by atoms with E-state index >= 15 is 0 Å². The Morgan fingerprint density at radius 3 is 2.56 bits per heavy atom. The van der Waals surface area contributed by atoms with Gasteiger partial charge in [-0.3, -0.25) is 0 Å². The summed E-state index contributed by atoms with van der Waals surface area (Å²) in [5.41, 5.74) is 2.46. The summed E-state index contributed by atoms with van der Waals surface area (Å²) >= 11 is 3.42. The molecule has 2 heterocycles. The van der Waals surface area contributed by atoms with Gasteiger partial charge in [-0.25, -0.2) is 14.5 Å². The Morgan fingerprint density at radius 2 is 2.06 bits per heavy atom. The standard InChI is InChI=1S/C12H12BrN3O2/c1-6-4-5-14-11(9(6)12(17)18)16-8(3)10(13)7(2)15-16/h4-5H,1-3H3,(H,17,18). The summed E-state index contributed by atoms with van der Waals surface area (Å²) in [6.45, 7) is 5.46. The van der Waals surface area contributed by atoms with Gasteiger partial charge in [-0.1, -0.05) is 0 Å². The summed E-state index contributed by atoms with van der Waals surface area (Å²) in [6.07, 6.45) is 1.58. The maximum absolute atomic E-state index is 11.3. The first-order valence-corrected chi connectivity index (χ1v) is 6.13. The van der Waals surface area contributed by atoms with Crippen molar-refractivity contribution in [2.45, 2.75) is 20.8 Å². The summed E-state index contributed by atoms with van der Waals surface area (Å²) < 4.78 is 2.41. The van der Waals surface area contributed by atoms with Crippen LogP contribution < -0.4 is 0 Å². The van der Waals surface area contributed by atoms with Gasteiger partial charge in [0.25, 0.3) is 0 Å². The highest BCUT2D eigenvalue weighted by atomic mass is 79.9. The smallest absolute Gasteiger partial charge is 0.339 e. The lowest BCUT2D eigenvalue weighted by Gasteiger charge is -2.09. The second kappa shape index (κ2) is 4.53. The van der Waals surface area contributed by atoms with Crippen LogP contribution in [0.1, 0.15) is 27.3 Å². The van der Waals surface area contributed by atoms with Gasteiger partial charge in [0.2, 0.25) is 0 Å². The molecule has 0 aliphatic heterocycles. The van der Waals surface area contributed by atoms with E-state index in [1.54, 1.807) is 23.9 Å². The molecule has 0 aliphatic carbocycles. The second-order valence-electron chi connectivity index (χ2n) is 4.03. The van der Waals surface area contributed by atoms with Gasteiger partial charge in [0.05, 0.1) is 15.9 Å². The topological polar surface area (TPSA) is 68.0 Å². The summed E-state index contributed by atoms with van der Waals surface area (Å²) in [5, 5.41) is 13.6. The molecule has 5 nitrogen and oxygen atoms in total. The zero-order valence-corrected chi connectivity index (χ0v) is 11.8. The van der Waals surface area contributed by atoms with E-state index in [-0.39, 0.29) is 5.56 Å². The van der Waals surface area contributed by atoms with Gasteiger partial charge in [0, 0.05) is 6.20 Å². The van der Waals surface area contributed by atoms with Crippen molar-refractivity contribution in [3.05, 3.63) is 39.3 Å². The van der Waals surface area contributed by atoms with Crippen LogP contribution in [0.15, 0.2) is 16.7 Å². The van der Waals surface area contributed by atoms with E-state index in [1.165, 1.54) is 0 Å². The molecule has 18 heavy (non-hydrogen) atoms. The fraction of sp³-hybridized carbons (Fsp3) is 0.250. The van der Waals surface area contributed by atoms with E-state index in [9.17, 15) is 9.90 Å². The molecule has 0 aliphatic rings. The molecule has 0 atom stereocenters. The largest absolute Gasteiger partial charge is 0.478 e. The van der Waals surface area contributed by atoms with Crippen molar-refractivity contribution in [2.24, 2.45) is 0 Å². The fourth-order valence-corrected chi connectivity index (χ4v) is 2.05. The molecule has 0 spiro atoms. The van der Waals surface area contributed by atoms with Crippen LogP contribution in [0.3, 0.4) is 0 Å². The molecule has 94 valence electrons. The summed E-state index contributed by atoms with van der Waals surface area (Å²) in [6, 6.07) is 1.67. The van der Waals surface area contributed by atoms with Crippen molar-refractivity contribution in [3.63, 3.8) is 0 Å². The van der Waals surface area contributed by atoms with Gasteiger partial charge in [-0.15, -0.1) is 0 Å². The maximum atomic E-state index is 11.3. The molecule has 2 rings (SSSR count). The number of halogens is 1. The van der Waals surface area contributed by atoms with Crippen LogP contribution in [0.5, 0.6) is 0 Å². The Bertz CT molecular complexity index is 634. The van der Waals surface area contributed by atoms with Crippen molar-refractivity contribution in [1.29, 1.82) is 0 Å². The zero-order chi connectivity index (χ0) is 13.4. The lowest BCUT2D eigenvalue weighted by atomic mass is 10.1. The Labute approximate surface area is 113 Å². The molecule has 0 amide bonds. The number of carbonyl (C=O) groups is 1. The van der Waals surface area contributed by atoms with Crippen LogP contribution in [0, 0.1) is 20.8 Å². The predicted molar refractivity (Wildman–Crippen MR) is 70.2 cm³/mol. The minimum atomic E-state index is -1.00. The average Bonchev–Trinajstić information content (AvgIpc) is 2.56. The van der Waals surface area contributed by atoms with Crippen molar-refractivity contribution in [1.82, 2.24) is 14.8 Å². The molecule has 0 fully saturated rings. The van der Waals surface area contributed by atoms with Crippen LogP contribution in [0.4, 0.5) is 0 Å². The highest BCUT2D eigenvalue weighted by molar-refractivity contribution is 9.10. The first-order chi connectivity index (χ1) is 8.43. The van der Waals surface area contributed by atoms with Gasteiger partial charge >= 0.3 is 5.97 Å². The molecular weight excluding hydrogens is 298 g/mol. The van der Waals surface area contributed by atoms with Crippen molar-refractivity contribution in [2.75, 3.05) is 0 Å². The van der Waals surface area contributed by atoms with Gasteiger partial charge in [-0.2, -0.15) is 5.10 Å². The third-order valence-corrected chi connectivity index (χ3v) is 3.90. The maximum Gasteiger partial charge on any atom is 0.339 e. The lowest BCUT2D eigenvalue weighted by molar-refractivity contribution is 0.0695. The van der Waals surface area contributed by atoms with Gasteiger partial charge in [0.1, 0.15) is 5.56 Å². The molecule has 6 heteroatoms. The van der Waals surface area contributed by atoms with E-state index in [0.717, 1.165) is 15.9 Å². The third kappa shape index (κ3) is 1.92. The Kier molecular flexibility index (Phi) is 3.21. The molecule has 0 radical (unpaired) electrons. The predicted octanol–water partition coefficient (Wildman–Crippen LogP) is 2.65. The normalized spacial score (nSPS) is 10.7. The summed E-state index contributed by atoms with van der Waals surface area (Å²) in [4.78, 5) is 15.5. The number of aromatic carboxylic acids is 1. The molecule has 1 N–H and O–H groups in total. The van der Waals surface area contributed by atoms with Crippen molar-refractivity contribution < 1.29 is 9.90 Å². The number of carboxylic acids is 1. The molecular formula is C12H12BrN3O2. The van der Waals surface area contributed by atoms with Crippen LogP contribution in [0.2, 0.25) is 0 Å². The van der Waals surface area contributed by atoms with Crippen LogP contribution in [-0.2, 0) is 0 Å². The first-order valence-electron chi connectivity index (χ1n) is 5.34. The average molecular weight is 310 g/mol. The van der Waals surface area contributed by atoms with E-state index in [2.05, 4.69) is 26.0 Å². The molecule has 0 saturated carbocycles. The van der Waals surface area contributed by atoms with Gasteiger partial charge < -0.3 is 5.11 Å². The van der Waals surface area contributed by atoms with Crippen LogP contribution in [-0.4, -0.2) is 25.8 Å². The van der Waals surface area contributed by atoms with Gasteiger partial charge in [-0.05, 0) is 48.3 Å². The Balaban J connectivity index is 2.75. The molecule has 2 aromatic rings. The van der Waals surface area contributed by atoms with Crippen molar-refractivity contribution in [3.8, 4) is 5.82 Å². The quantitative estimate of drug-likeness (QED) is 0.926. The number of aryl methyl sites for hydroxylation is 2. The summed E-state index contributed by atoms with van der Waals surface area (Å²) in [5.74, 6) is -0.659. The molecule has 0 saturated heterocycles. The van der Waals surface area contributed by atoms with E-state index in [1.807, 2.05) is 13.8 Å². The Hall–Kier alpha value is -1.69. The minimum Gasteiger partial charge on any atom is -0.478 e. The fourth-order valence-electron chi connectivity index (χ4n) is 1.80. The highest BCUT2D eigenvalue weighted by Gasteiger charge is 2.19. The van der Waals surface area contributed by atoms with Crippen molar-refractivity contribution >= 4 is 21.9 Å². The minimum absolute atomic E-state index is 0.176. The van der Waals surface area contributed by atoms with Crippen LogP contribution >= 0.6 is 15.9 Å². The second-order valence-corrected chi connectivity index (χ2v) is 4.82. The molecule has 2 aromatic heterocycles. The highest BCUT2D eigenvalue weighted by Crippen LogP contribution is 2.24. The monoisotopic (exact) mass is 309 g/mol. The first kappa shape index (κ1) is 12.8. The number of nitrogens with zero attached hydrogens (tertiary/aromatic N) is 3. The molecule has 0 bridgehead atoms. The zero-order valence-electron chi connectivity index (χ0n) is 10.2. The number of hydrogen-bond donors (Lipinski definition) is 1. The molecule has 0 aromatic carbocycles. The van der Waals surface area contributed by atoms with E-state index in [4.69, 9.17) is 0 Å². The van der Waals surface area contributed by atoms with Gasteiger partial charge in [0.15, 0.2) is 5.82 Å². The van der Waals surface area contributed by atoms with E-state index in [0.29, 0.717) is 11.4 Å². The number of pyridine rings is 1. The number of aromatic nitrogens is 3.